The van der Waals surface area contributed by atoms with Crippen molar-refractivity contribution in [1.82, 2.24) is 0 Å². The molecule has 1 aromatic carbocycles. The molecule has 0 aliphatic carbocycles. The van der Waals surface area contributed by atoms with Crippen LogP contribution < -0.4 is 15.4 Å². The summed E-state index contributed by atoms with van der Waals surface area (Å²) in [6.45, 7) is 1.19. The smallest absolute Gasteiger partial charge is 0.414 e. The van der Waals surface area contributed by atoms with Crippen molar-refractivity contribution in [2.75, 3.05) is 25.1 Å². The van der Waals surface area contributed by atoms with Crippen LogP contribution in [0.5, 0.6) is 5.75 Å². The Balaban J connectivity index is 2.06. The Hall–Kier alpha value is -1.75. The first-order valence-corrected chi connectivity index (χ1v) is 6.07. The highest BCUT2D eigenvalue weighted by molar-refractivity contribution is 5.89. The van der Waals surface area contributed by atoms with Crippen LogP contribution in [0.1, 0.15) is 12.8 Å². The summed E-state index contributed by atoms with van der Waals surface area (Å²) in [5.41, 5.74) is 6.25. The van der Waals surface area contributed by atoms with E-state index in [1.807, 2.05) is 24.3 Å². The van der Waals surface area contributed by atoms with Crippen molar-refractivity contribution in [1.29, 1.82) is 0 Å². The summed E-state index contributed by atoms with van der Waals surface area (Å²) in [5.74, 6) is 0.728. The molecular weight excluding hydrogens is 232 g/mol. The normalized spacial score (nSPS) is 18.9. The van der Waals surface area contributed by atoms with Gasteiger partial charge >= 0.3 is 6.09 Å². The molecule has 18 heavy (non-hydrogen) atoms. The third-order valence-corrected chi connectivity index (χ3v) is 2.97. The molecule has 1 aliphatic rings. The number of anilines is 1. The molecular formula is C13H18N2O3. The second-order valence-corrected chi connectivity index (χ2v) is 4.25. The highest BCUT2D eigenvalue weighted by atomic mass is 16.6. The van der Waals surface area contributed by atoms with Crippen LogP contribution in [0.25, 0.3) is 0 Å². The monoisotopic (exact) mass is 250 g/mol. The molecule has 5 heteroatoms. The largest absolute Gasteiger partial charge is 0.497 e. The van der Waals surface area contributed by atoms with Gasteiger partial charge in [0.15, 0.2) is 0 Å². The molecule has 1 unspecified atom stereocenters. The van der Waals surface area contributed by atoms with E-state index in [2.05, 4.69) is 0 Å². The van der Waals surface area contributed by atoms with Crippen molar-refractivity contribution < 1.29 is 14.3 Å². The second kappa shape index (κ2) is 5.73. The van der Waals surface area contributed by atoms with Crippen LogP contribution in [0.3, 0.4) is 0 Å². The van der Waals surface area contributed by atoms with Crippen molar-refractivity contribution in [2.24, 2.45) is 5.73 Å². The van der Waals surface area contributed by atoms with E-state index in [-0.39, 0.29) is 12.2 Å². The number of hydrogen-bond acceptors (Lipinski definition) is 4. The minimum Gasteiger partial charge on any atom is -0.497 e. The topological polar surface area (TPSA) is 64.8 Å². The number of amides is 1. The number of nitrogens with two attached hydrogens (primary N) is 1. The maximum absolute atomic E-state index is 11.8. The van der Waals surface area contributed by atoms with Crippen molar-refractivity contribution in [3.8, 4) is 5.75 Å². The SMILES string of the molecule is COc1cccc(N2CC(CCCN)OC2=O)c1. The fourth-order valence-electron chi connectivity index (χ4n) is 2.01. The minimum atomic E-state index is -0.301. The third-order valence-electron chi connectivity index (χ3n) is 2.97. The zero-order valence-electron chi connectivity index (χ0n) is 10.5. The Bertz CT molecular complexity index is 422. The lowest BCUT2D eigenvalue weighted by molar-refractivity contribution is 0.136. The van der Waals surface area contributed by atoms with Crippen LogP contribution in [0, 0.1) is 0 Å². The van der Waals surface area contributed by atoms with Gasteiger partial charge in [0.2, 0.25) is 0 Å². The van der Waals surface area contributed by atoms with Gasteiger partial charge in [0.1, 0.15) is 11.9 Å². The molecule has 1 saturated heterocycles. The number of ether oxygens (including phenoxy) is 2. The number of carbonyl (C=O) groups is 1. The lowest BCUT2D eigenvalue weighted by atomic mass is 10.2. The van der Waals surface area contributed by atoms with Crippen LogP contribution in [0.2, 0.25) is 0 Å². The van der Waals surface area contributed by atoms with Gasteiger partial charge in [0, 0.05) is 6.07 Å². The molecule has 0 spiro atoms. The van der Waals surface area contributed by atoms with Crippen LogP contribution in [0.15, 0.2) is 24.3 Å². The van der Waals surface area contributed by atoms with E-state index in [0.717, 1.165) is 24.3 Å². The molecule has 0 radical (unpaired) electrons. The maximum Gasteiger partial charge on any atom is 0.414 e. The molecule has 1 heterocycles. The van der Waals surface area contributed by atoms with E-state index in [9.17, 15) is 4.79 Å². The second-order valence-electron chi connectivity index (χ2n) is 4.25. The molecule has 2 N–H and O–H groups in total. The van der Waals surface area contributed by atoms with E-state index < -0.39 is 0 Å². The Morgan fingerprint density at radius 2 is 2.39 bits per heavy atom. The van der Waals surface area contributed by atoms with Crippen molar-refractivity contribution in [3.05, 3.63) is 24.3 Å². The molecule has 1 aromatic rings. The first-order chi connectivity index (χ1) is 8.74. The molecule has 1 amide bonds. The quantitative estimate of drug-likeness (QED) is 0.864. The summed E-state index contributed by atoms with van der Waals surface area (Å²) in [6, 6.07) is 7.40. The Morgan fingerprint density at radius 3 is 3.11 bits per heavy atom. The Labute approximate surface area is 106 Å². The highest BCUT2D eigenvalue weighted by Crippen LogP contribution is 2.26. The van der Waals surface area contributed by atoms with Gasteiger partial charge in [-0.25, -0.2) is 4.79 Å². The lowest BCUT2D eigenvalue weighted by Gasteiger charge is -2.13. The standard InChI is InChI=1S/C13H18N2O3/c1-17-11-5-2-4-10(8-11)15-9-12(6-3-7-14)18-13(15)16/h2,4-5,8,12H,3,6-7,9,14H2,1H3. The Kier molecular flexibility index (Phi) is 4.04. The van der Waals surface area contributed by atoms with E-state index in [1.54, 1.807) is 12.0 Å². The summed E-state index contributed by atoms with van der Waals surface area (Å²) in [6.07, 6.45) is 1.31. The van der Waals surface area contributed by atoms with Gasteiger partial charge in [0.25, 0.3) is 0 Å². The van der Waals surface area contributed by atoms with Gasteiger partial charge in [0.05, 0.1) is 19.3 Å². The predicted octanol–water partition coefficient (Wildman–Crippen LogP) is 1.76. The number of rotatable bonds is 5. The summed E-state index contributed by atoms with van der Waals surface area (Å²) >= 11 is 0. The summed E-state index contributed by atoms with van der Waals surface area (Å²) in [7, 11) is 1.60. The van der Waals surface area contributed by atoms with Gasteiger partial charge in [-0.3, -0.25) is 4.90 Å². The average Bonchev–Trinajstić information content (AvgIpc) is 2.77. The lowest BCUT2D eigenvalue weighted by Crippen LogP contribution is -2.24. The summed E-state index contributed by atoms with van der Waals surface area (Å²) in [5, 5.41) is 0. The zero-order chi connectivity index (χ0) is 13.0. The van der Waals surface area contributed by atoms with Crippen LogP contribution in [-0.2, 0) is 4.74 Å². The minimum absolute atomic E-state index is 0.0627. The van der Waals surface area contributed by atoms with Crippen LogP contribution in [-0.4, -0.2) is 32.4 Å². The van der Waals surface area contributed by atoms with Crippen molar-refractivity contribution >= 4 is 11.8 Å². The number of benzene rings is 1. The third kappa shape index (κ3) is 2.73. The molecule has 0 bridgehead atoms. The zero-order valence-corrected chi connectivity index (χ0v) is 10.5. The molecule has 1 aliphatic heterocycles. The number of carbonyl (C=O) groups excluding carboxylic acids is 1. The van der Waals surface area contributed by atoms with Crippen molar-refractivity contribution in [2.45, 2.75) is 18.9 Å². The van der Waals surface area contributed by atoms with Gasteiger partial charge in [-0.1, -0.05) is 6.07 Å². The van der Waals surface area contributed by atoms with Gasteiger partial charge in [-0.05, 0) is 31.5 Å². The van der Waals surface area contributed by atoms with Crippen molar-refractivity contribution in [3.63, 3.8) is 0 Å². The molecule has 98 valence electrons. The fraction of sp³-hybridized carbons (Fsp3) is 0.462. The number of hydrogen-bond donors (Lipinski definition) is 1. The maximum atomic E-state index is 11.8. The van der Waals surface area contributed by atoms with E-state index in [1.165, 1.54) is 0 Å². The Morgan fingerprint density at radius 1 is 1.56 bits per heavy atom. The molecule has 0 saturated carbocycles. The molecule has 1 atom stereocenters. The highest BCUT2D eigenvalue weighted by Gasteiger charge is 2.31. The van der Waals surface area contributed by atoms with Crippen LogP contribution in [0.4, 0.5) is 10.5 Å². The molecule has 5 nitrogen and oxygen atoms in total. The number of cyclic esters (lactones) is 1. The van der Waals surface area contributed by atoms with E-state index in [4.69, 9.17) is 15.2 Å². The fourth-order valence-corrected chi connectivity index (χ4v) is 2.01. The summed E-state index contributed by atoms with van der Waals surface area (Å²) < 4.78 is 10.4. The van der Waals surface area contributed by atoms with Gasteiger partial charge in [-0.15, -0.1) is 0 Å². The number of nitrogens with zero attached hydrogens (tertiary/aromatic N) is 1. The molecule has 0 aromatic heterocycles. The number of methoxy groups -OCH3 is 1. The molecule has 2 rings (SSSR count). The van der Waals surface area contributed by atoms with E-state index in [0.29, 0.717) is 13.1 Å². The summed E-state index contributed by atoms with van der Waals surface area (Å²) in [4.78, 5) is 13.4. The first kappa shape index (κ1) is 12.7. The predicted molar refractivity (Wildman–Crippen MR) is 68.9 cm³/mol. The average molecular weight is 250 g/mol. The first-order valence-electron chi connectivity index (χ1n) is 6.07. The van der Waals surface area contributed by atoms with Crippen LogP contribution >= 0.6 is 0 Å². The molecule has 1 fully saturated rings. The van der Waals surface area contributed by atoms with Gasteiger partial charge < -0.3 is 15.2 Å². The van der Waals surface area contributed by atoms with Gasteiger partial charge in [-0.2, -0.15) is 0 Å². The van der Waals surface area contributed by atoms with E-state index >= 15 is 0 Å².